The van der Waals surface area contributed by atoms with E-state index in [0.29, 0.717) is 0 Å². The predicted molar refractivity (Wildman–Crippen MR) is 49.6 cm³/mol. The number of thiazole rings is 1. The van der Waals surface area contributed by atoms with Crippen LogP contribution in [0.3, 0.4) is 0 Å². The van der Waals surface area contributed by atoms with Gasteiger partial charge in [-0.25, -0.2) is 4.98 Å². The van der Waals surface area contributed by atoms with E-state index in [-0.39, 0.29) is 16.7 Å². The molecule has 0 spiro atoms. The summed E-state index contributed by atoms with van der Waals surface area (Å²) in [5, 5.41) is 5.02. The van der Waals surface area contributed by atoms with Crippen LogP contribution in [0.25, 0.3) is 11.6 Å². The Kier molecular flexibility index (Phi) is 2.54. The van der Waals surface area contributed by atoms with Gasteiger partial charge in [-0.2, -0.15) is 18.2 Å². The van der Waals surface area contributed by atoms with E-state index in [9.17, 15) is 13.2 Å². The van der Waals surface area contributed by atoms with E-state index in [0.717, 1.165) is 11.3 Å². The summed E-state index contributed by atoms with van der Waals surface area (Å²) in [6.07, 6.45) is -5.58. The number of nitrogens with two attached hydrogens (primary N) is 1. The summed E-state index contributed by atoms with van der Waals surface area (Å²) in [6, 6.07) is 0. The van der Waals surface area contributed by atoms with Crippen molar-refractivity contribution in [1.82, 2.24) is 15.1 Å². The lowest BCUT2D eigenvalue weighted by atomic mass is 10.4. The van der Waals surface area contributed by atoms with Crippen molar-refractivity contribution in [1.29, 1.82) is 0 Å². The van der Waals surface area contributed by atoms with Crippen molar-refractivity contribution in [2.24, 2.45) is 0 Å². The Morgan fingerprint density at radius 3 is 2.69 bits per heavy atom. The maximum atomic E-state index is 12.0. The molecule has 0 atom stereocenters. The summed E-state index contributed by atoms with van der Waals surface area (Å²) in [6.45, 7) is 0. The summed E-state index contributed by atoms with van der Waals surface area (Å²) < 4.78 is 40.6. The molecule has 0 amide bonds. The van der Waals surface area contributed by atoms with Gasteiger partial charge in [0.2, 0.25) is 0 Å². The molecule has 2 aromatic heterocycles. The number of rotatable bonds is 2. The Morgan fingerprint density at radius 2 is 2.12 bits per heavy atom. The molecule has 0 radical (unpaired) electrons. The summed E-state index contributed by atoms with van der Waals surface area (Å²) in [4.78, 5) is 7.38. The second kappa shape index (κ2) is 3.74. The van der Waals surface area contributed by atoms with Crippen LogP contribution in [0.2, 0.25) is 0 Å². The van der Waals surface area contributed by atoms with E-state index in [1.54, 1.807) is 0 Å². The first kappa shape index (κ1) is 10.9. The Labute approximate surface area is 91.1 Å². The third-order valence-corrected chi connectivity index (χ3v) is 2.24. The van der Waals surface area contributed by atoms with Gasteiger partial charge in [0.15, 0.2) is 11.0 Å². The van der Waals surface area contributed by atoms with Crippen molar-refractivity contribution >= 4 is 16.5 Å². The average molecular weight is 250 g/mol. The number of hydrogen-bond donors (Lipinski definition) is 1. The molecule has 0 saturated heterocycles. The normalized spacial score (nSPS) is 11.9. The fourth-order valence-electron chi connectivity index (χ4n) is 0.995. The van der Waals surface area contributed by atoms with Crippen LogP contribution in [-0.4, -0.2) is 21.3 Å². The van der Waals surface area contributed by atoms with Gasteiger partial charge in [0.1, 0.15) is 12.1 Å². The van der Waals surface area contributed by atoms with E-state index in [1.807, 2.05) is 0 Å². The van der Waals surface area contributed by atoms with E-state index >= 15 is 0 Å². The molecule has 0 fully saturated rings. The monoisotopic (exact) mass is 250 g/mol. The van der Waals surface area contributed by atoms with Gasteiger partial charge < -0.3 is 10.3 Å². The number of aromatic nitrogens is 3. The Hall–Kier alpha value is -1.64. The maximum absolute atomic E-state index is 12.0. The van der Waals surface area contributed by atoms with Gasteiger partial charge in [-0.15, -0.1) is 11.3 Å². The smallest absolute Gasteiger partial charge is 0.375 e. The maximum Gasteiger partial charge on any atom is 0.396 e. The van der Waals surface area contributed by atoms with Crippen molar-refractivity contribution in [3.05, 3.63) is 11.2 Å². The van der Waals surface area contributed by atoms with Crippen LogP contribution in [0.15, 0.2) is 9.90 Å². The second-order valence-electron chi connectivity index (χ2n) is 2.88. The zero-order valence-electron chi connectivity index (χ0n) is 7.65. The summed E-state index contributed by atoms with van der Waals surface area (Å²) in [5.74, 6) is -0.485. The molecule has 9 heteroatoms. The fraction of sp³-hybridized carbons (Fsp3) is 0.286. The van der Waals surface area contributed by atoms with Crippen molar-refractivity contribution in [2.75, 3.05) is 5.73 Å². The molecule has 5 nitrogen and oxygen atoms in total. The first-order valence-electron chi connectivity index (χ1n) is 4.05. The lowest BCUT2D eigenvalue weighted by Crippen LogP contribution is -2.12. The number of anilines is 1. The van der Waals surface area contributed by atoms with Gasteiger partial charge in [-0.1, -0.05) is 5.16 Å². The molecule has 0 aliphatic carbocycles. The molecular weight excluding hydrogens is 245 g/mol. The topological polar surface area (TPSA) is 77.8 Å². The number of hydrogen-bond acceptors (Lipinski definition) is 6. The number of halogens is 3. The highest BCUT2D eigenvalue weighted by Gasteiger charge is 2.30. The third kappa shape index (κ3) is 2.48. The molecule has 0 aliphatic rings. The summed E-state index contributed by atoms with van der Waals surface area (Å²) >= 11 is 1.14. The van der Waals surface area contributed by atoms with Gasteiger partial charge >= 0.3 is 6.18 Å². The zero-order valence-corrected chi connectivity index (χ0v) is 8.47. The average Bonchev–Trinajstić information content (AvgIpc) is 2.71. The lowest BCUT2D eigenvalue weighted by Gasteiger charge is -1.99. The molecule has 0 bridgehead atoms. The SMILES string of the molecule is Nc1nc(-c2nc(CC(F)(F)F)no2)cs1. The zero-order chi connectivity index (χ0) is 11.8. The van der Waals surface area contributed by atoms with E-state index in [1.165, 1.54) is 5.38 Å². The van der Waals surface area contributed by atoms with Crippen molar-refractivity contribution < 1.29 is 17.7 Å². The van der Waals surface area contributed by atoms with Gasteiger partial charge in [-0.05, 0) is 0 Å². The van der Waals surface area contributed by atoms with Crippen molar-refractivity contribution in [2.45, 2.75) is 12.6 Å². The van der Waals surface area contributed by atoms with Crippen LogP contribution < -0.4 is 5.73 Å². The highest BCUT2D eigenvalue weighted by atomic mass is 32.1. The molecule has 86 valence electrons. The van der Waals surface area contributed by atoms with Crippen molar-refractivity contribution in [3.63, 3.8) is 0 Å². The standard InChI is InChI=1S/C7H5F3N4OS/c8-7(9,10)1-4-13-5(15-14-4)3-2-16-6(11)12-3/h2H,1H2,(H2,11,12). The lowest BCUT2D eigenvalue weighted by molar-refractivity contribution is -0.128. The van der Waals surface area contributed by atoms with Crippen LogP contribution >= 0.6 is 11.3 Å². The van der Waals surface area contributed by atoms with E-state index in [4.69, 9.17) is 5.73 Å². The predicted octanol–water partition coefficient (Wildman–Crippen LogP) is 1.88. The molecule has 0 saturated carbocycles. The summed E-state index contributed by atoms with van der Waals surface area (Å²) in [7, 11) is 0. The second-order valence-corrected chi connectivity index (χ2v) is 3.77. The van der Waals surface area contributed by atoms with Gasteiger partial charge in [0.05, 0.1) is 0 Å². The highest BCUT2D eigenvalue weighted by Crippen LogP contribution is 2.24. The third-order valence-electron chi connectivity index (χ3n) is 1.57. The van der Waals surface area contributed by atoms with Crippen LogP contribution in [0.4, 0.5) is 18.3 Å². The van der Waals surface area contributed by atoms with Crippen LogP contribution in [0, 0.1) is 0 Å². The van der Waals surface area contributed by atoms with Crippen molar-refractivity contribution in [3.8, 4) is 11.6 Å². The first-order chi connectivity index (χ1) is 7.44. The molecule has 0 unspecified atom stereocenters. The molecular formula is C7H5F3N4OS. The molecule has 2 rings (SSSR count). The Morgan fingerprint density at radius 1 is 1.38 bits per heavy atom. The molecule has 2 N–H and O–H groups in total. The number of alkyl halides is 3. The first-order valence-corrected chi connectivity index (χ1v) is 4.93. The minimum absolute atomic E-state index is 0.0628. The van der Waals surface area contributed by atoms with Gasteiger partial charge in [-0.3, -0.25) is 0 Å². The van der Waals surface area contributed by atoms with Crippen LogP contribution in [-0.2, 0) is 6.42 Å². The molecule has 0 aromatic carbocycles. The highest BCUT2D eigenvalue weighted by molar-refractivity contribution is 7.13. The summed E-state index contributed by atoms with van der Waals surface area (Å²) in [5.41, 5.74) is 5.64. The molecule has 2 aromatic rings. The molecule has 2 heterocycles. The van der Waals surface area contributed by atoms with E-state index < -0.39 is 18.4 Å². The largest absolute Gasteiger partial charge is 0.396 e. The Bertz CT molecular complexity index is 492. The van der Waals surface area contributed by atoms with Gasteiger partial charge in [0, 0.05) is 5.38 Å². The van der Waals surface area contributed by atoms with Crippen LogP contribution in [0.1, 0.15) is 5.82 Å². The number of nitrogen functional groups attached to an aromatic ring is 1. The molecule has 16 heavy (non-hydrogen) atoms. The quantitative estimate of drug-likeness (QED) is 0.880. The minimum atomic E-state index is -4.36. The van der Waals surface area contributed by atoms with Crippen LogP contribution in [0.5, 0.6) is 0 Å². The Balaban J connectivity index is 2.20. The van der Waals surface area contributed by atoms with Gasteiger partial charge in [0.25, 0.3) is 5.89 Å². The number of nitrogens with zero attached hydrogens (tertiary/aromatic N) is 3. The fourth-order valence-corrected chi connectivity index (χ4v) is 1.53. The van der Waals surface area contributed by atoms with E-state index in [2.05, 4.69) is 19.6 Å². The molecule has 0 aliphatic heterocycles. The minimum Gasteiger partial charge on any atom is -0.375 e.